The Kier molecular flexibility index (Phi) is 3.13. The van der Waals surface area contributed by atoms with Gasteiger partial charge in [0.05, 0.1) is 31.9 Å². The molecule has 14 heavy (non-hydrogen) atoms. The molecule has 1 aromatic heterocycles. The average Bonchev–Trinajstić information content (AvgIpc) is 2.54. The molecule has 1 atom stereocenters. The zero-order chi connectivity index (χ0) is 9.80. The Morgan fingerprint density at radius 2 is 2.50 bits per heavy atom. The molecular weight excluding hydrogens is 182 g/mol. The Balaban J connectivity index is 1.65. The van der Waals surface area contributed by atoms with Crippen molar-refractivity contribution in [2.75, 3.05) is 19.8 Å². The second-order valence-corrected chi connectivity index (χ2v) is 3.52. The Labute approximate surface area is 82.7 Å². The van der Waals surface area contributed by atoms with Crippen LogP contribution in [0.25, 0.3) is 0 Å². The van der Waals surface area contributed by atoms with E-state index in [2.05, 4.69) is 10.4 Å². The van der Waals surface area contributed by atoms with Crippen molar-refractivity contribution in [1.82, 2.24) is 15.1 Å². The SMILES string of the molecule is OC(CNC1COC1)Cn1cccn1. The standard InChI is InChI=1S/C9H15N3O2/c13-9(4-10-8-6-14-7-8)5-12-3-1-2-11-12/h1-3,8-10,13H,4-7H2. The number of nitrogens with one attached hydrogen (secondary N) is 1. The van der Waals surface area contributed by atoms with E-state index in [-0.39, 0.29) is 0 Å². The summed E-state index contributed by atoms with van der Waals surface area (Å²) in [5.41, 5.74) is 0. The molecule has 1 saturated heterocycles. The van der Waals surface area contributed by atoms with Crippen LogP contribution in [0.2, 0.25) is 0 Å². The minimum Gasteiger partial charge on any atom is -0.390 e. The number of aliphatic hydroxyl groups is 1. The lowest BCUT2D eigenvalue weighted by molar-refractivity contribution is -0.0105. The number of aliphatic hydroxyl groups excluding tert-OH is 1. The van der Waals surface area contributed by atoms with Crippen molar-refractivity contribution in [3.05, 3.63) is 18.5 Å². The van der Waals surface area contributed by atoms with Gasteiger partial charge in [-0.15, -0.1) is 0 Å². The summed E-state index contributed by atoms with van der Waals surface area (Å²) < 4.78 is 6.74. The first kappa shape index (κ1) is 9.64. The fraction of sp³-hybridized carbons (Fsp3) is 0.667. The largest absolute Gasteiger partial charge is 0.390 e. The number of hydrogen-bond donors (Lipinski definition) is 2. The van der Waals surface area contributed by atoms with Gasteiger partial charge < -0.3 is 15.2 Å². The quantitative estimate of drug-likeness (QED) is 0.651. The monoisotopic (exact) mass is 197 g/mol. The summed E-state index contributed by atoms with van der Waals surface area (Å²) in [5.74, 6) is 0. The molecule has 5 heteroatoms. The van der Waals surface area contributed by atoms with E-state index in [0.717, 1.165) is 13.2 Å². The molecule has 1 aromatic rings. The molecule has 1 aliphatic heterocycles. The fourth-order valence-electron chi connectivity index (χ4n) is 1.35. The predicted molar refractivity (Wildman–Crippen MR) is 50.8 cm³/mol. The minimum atomic E-state index is -0.393. The molecular formula is C9H15N3O2. The summed E-state index contributed by atoms with van der Waals surface area (Å²) in [6, 6.07) is 2.27. The smallest absolute Gasteiger partial charge is 0.0860 e. The van der Waals surface area contributed by atoms with Gasteiger partial charge in [0.25, 0.3) is 0 Å². The zero-order valence-electron chi connectivity index (χ0n) is 7.97. The van der Waals surface area contributed by atoms with Gasteiger partial charge in [0.15, 0.2) is 0 Å². The summed E-state index contributed by atoms with van der Waals surface area (Å²) in [7, 11) is 0. The lowest BCUT2D eigenvalue weighted by atomic mass is 10.2. The van der Waals surface area contributed by atoms with E-state index < -0.39 is 6.10 Å². The maximum Gasteiger partial charge on any atom is 0.0860 e. The molecule has 5 nitrogen and oxygen atoms in total. The van der Waals surface area contributed by atoms with Crippen LogP contribution in [0.1, 0.15) is 0 Å². The minimum absolute atomic E-state index is 0.393. The van der Waals surface area contributed by atoms with Gasteiger partial charge in [-0.3, -0.25) is 4.68 Å². The molecule has 0 radical (unpaired) electrons. The molecule has 2 rings (SSSR count). The number of hydrogen-bond acceptors (Lipinski definition) is 4. The van der Waals surface area contributed by atoms with E-state index in [4.69, 9.17) is 4.74 Å². The van der Waals surface area contributed by atoms with Crippen LogP contribution in [0.5, 0.6) is 0 Å². The first-order chi connectivity index (χ1) is 6.84. The summed E-state index contributed by atoms with van der Waals surface area (Å²) in [4.78, 5) is 0. The van der Waals surface area contributed by atoms with Gasteiger partial charge in [0.2, 0.25) is 0 Å². The van der Waals surface area contributed by atoms with Crippen molar-refractivity contribution in [2.45, 2.75) is 18.7 Å². The molecule has 2 N–H and O–H groups in total. The van der Waals surface area contributed by atoms with Gasteiger partial charge in [-0.05, 0) is 6.07 Å². The van der Waals surface area contributed by atoms with Crippen molar-refractivity contribution in [2.24, 2.45) is 0 Å². The molecule has 0 saturated carbocycles. The van der Waals surface area contributed by atoms with E-state index >= 15 is 0 Å². The highest BCUT2D eigenvalue weighted by Crippen LogP contribution is 1.99. The topological polar surface area (TPSA) is 59.3 Å². The van der Waals surface area contributed by atoms with Crippen molar-refractivity contribution in [1.29, 1.82) is 0 Å². The first-order valence-corrected chi connectivity index (χ1v) is 4.81. The Hall–Kier alpha value is -0.910. The van der Waals surface area contributed by atoms with Crippen molar-refractivity contribution >= 4 is 0 Å². The maximum absolute atomic E-state index is 9.63. The highest BCUT2D eigenvalue weighted by molar-refractivity contribution is 4.79. The van der Waals surface area contributed by atoms with Crippen molar-refractivity contribution < 1.29 is 9.84 Å². The van der Waals surface area contributed by atoms with Crippen LogP contribution in [0.15, 0.2) is 18.5 Å². The maximum atomic E-state index is 9.63. The van der Waals surface area contributed by atoms with Crippen molar-refractivity contribution in [3.8, 4) is 0 Å². The molecule has 0 amide bonds. The van der Waals surface area contributed by atoms with E-state index in [1.165, 1.54) is 0 Å². The van der Waals surface area contributed by atoms with Gasteiger partial charge in [-0.25, -0.2) is 0 Å². The lowest BCUT2D eigenvalue weighted by Crippen LogP contribution is -2.48. The molecule has 0 bridgehead atoms. The Bertz CT molecular complexity index is 259. The van der Waals surface area contributed by atoms with Gasteiger partial charge in [-0.2, -0.15) is 5.10 Å². The van der Waals surface area contributed by atoms with E-state index in [1.807, 2.05) is 12.3 Å². The van der Waals surface area contributed by atoms with Gasteiger partial charge in [-0.1, -0.05) is 0 Å². The van der Waals surface area contributed by atoms with Gasteiger partial charge in [0.1, 0.15) is 0 Å². The average molecular weight is 197 g/mol. The first-order valence-electron chi connectivity index (χ1n) is 4.81. The van der Waals surface area contributed by atoms with Crippen LogP contribution in [0.4, 0.5) is 0 Å². The summed E-state index contributed by atoms with van der Waals surface area (Å²) in [6.45, 7) is 2.64. The molecule has 1 aliphatic rings. The van der Waals surface area contributed by atoms with E-state index in [9.17, 15) is 5.11 Å². The number of rotatable bonds is 5. The molecule has 0 aromatic carbocycles. The highest BCUT2D eigenvalue weighted by Gasteiger charge is 2.18. The van der Waals surface area contributed by atoms with Crippen LogP contribution < -0.4 is 5.32 Å². The van der Waals surface area contributed by atoms with Crippen LogP contribution in [0, 0.1) is 0 Å². The molecule has 0 spiro atoms. The van der Waals surface area contributed by atoms with Crippen LogP contribution in [-0.2, 0) is 11.3 Å². The summed E-state index contributed by atoms with van der Waals surface area (Å²) in [6.07, 6.45) is 3.16. The second kappa shape index (κ2) is 4.54. The second-order valence-electron chi connectivity index (χ2n) is 3.52. The van der Waals surface area contributed by atoms with Gasteiger partial charge in [0, 0.05) is 18.9 Å². The van der Waals surface area contributed by atoms with Crippen LogP contribution >= 0.6 is 0 Å². The van der Waals surface area contributed by atoms with E-state index in [1.54, 1.807) is 10.9 Å². The number of aromatic nitrogens is 2. The Morgan fingerprint density at radius 3 is 3.07 bits per heavy atom. The molecule has 1 unspecified atom stereocenters. The third-order valence-corrected chi connectivity index (χ3v) is 2.24. The van der Waals surface area contributed by atoms with E-state index in [0.29, 0.717) is 19.1 Å². The predicted octanol–water partition coefficient (Wildman–Crippen LogP) is -0.768. The number of ether oxygens (including phenoxy) is 1. The van der Waals surface area contributed by atoms with Gasteiger partial charge >= 0.3 is 0 Å². The highest BCUT2D eigenvalue weighted by atomic mass is 16.5. The molecule has 78 valence electrons. The summed E-state index contributed by atoms with van der Waals surface area (Å²) in [5, 5.41) is 16.9. The molecule has 1 fully saturated rings. The van der Waals surface area contributed by atoms with Crippen molar-refractivity contribution in [3.63, 3.8) is 0 Å². The fourth-order valence-corrected chi connectivity index (χ4v) is 1.35. The third kappa shape index (κ3) is 2.54. The zero-order valence-corrected chi connectivity index (χ0v) is 7.97. The number of nitrogens with zero attached hydrogens (tertiary/aromatic N) is 2. The normalized spacial score (nSPS) is 19.2. The lowest BCUT2D eigenvalue weighted by Gasteiger charge is -2.28. The van der Waals surface area contributed by atoms with Crippen LogP contribution in [-0.4, -0.2) is 46.8 Å². The summed E-state index contributed by atoms with van der Waals surface area (Å²) >= 11 is 0. The third-order valence-electron chi connectivity index (χ3n) is 2.24. The molecule has 2 heterocycles. The molecule has 0 aliphatic carbocycles. The van der Waals surface area contributed by atoms with Crippen LogP contribution in [0.3, 0.4) is 0 Å². The Morgan fingerprint density at radius 1 is 1.64 bits per heavy atom.